The van der Waals surface area contributed by atoms with E-state index in [-0.39, 0.29) is 14.9 Å². The summed E-state index contributed by atoms with van der Waals surface area (Å²) in [6.07, 6.45) is 1.66. The molecular formula is C19H15ClN2O5S2. The van der Waals surface area contributed by atoms with E-state index >= 15 is 0 Å². The fourth-order valence-corrected chi connectivity index (χ4v) is 4.50. The number of aryl methyl sites for hydroxylation is 1. The Hall–Kier alpha value is -2.62. The summed E-state index contributed by atoms with van der Waals surface area (Å²) >= 11 is 12.1. The van der Waals surface area contributed by atoms with E-state index in [9.17, 15) is 19.5 Å². The molecule has 0 unspecified atom stereocenters. The van der Waals surface area contributed by atoms with Gasteiger partial charge in [0.15, 0.2) is 0 Å². The average Bonchev–Trinajstić information content (AvgIpc) is 3.05. The van der Waals surface area contributed by atoms with Crippen LogP contribution < -0.4 is 0 Å². The fourth-order valence-electron chi connectivity index (χ4n) is 3.06. The molecule has 0 atom stereocenters. The van der Waals surface area contributed by atoms with Crippen molar-refractivity contribution in [3.63, 3.8) is 0 Å². The first-order valence-electron chi connectivity index (χ1n) is 8.29. The number of amides is 1. The second-order valence-corrected chi connectivity index (χ2v) is 8.38. The van der Waals surface area contributed by atoms with E-state index in [2.05, 4.69) is 0 Å². The molecule has 7 nitrogen and oxygen atoms in total. The number of carbonyl (C=O) groups is 3. The topological polar surface area (TPSA) is 99.8 Å². The summed E-state index contributed by atoms with van der Waals surface area (Å²) < 4.78 is 2.05. The summed E-state index contributed by atoms with van der Waals surface area (Å²) in [6.45, 7) is 3.21. The van der Waals surface area contributed by atoms with Crippen molar-refractivity contribution >= 4 is 63.8 Å². The Bertz CT molecular complexity index is 1110. The minimum Gasteiger partial charge on any atom is -0.480 e. The van der Waals surface area contributed by atoms with Crippen molar-refractivity contribution in [2.24, 2.45) is 0 Å². The summed E-state index contributed by atoms with van der Waals surface area (Å²) in [6, 6.07) is 6.58. The lowest BCUT2D eigenvalue weighted by Crippen LogP contribution is -2.33. The van der Waals surface area contributed by atoms with Crippen LogP contribution in [0.3, 0.4) is 0 Å². The predicted octanol–water partition coefficient (Wildman–Crippen LogP) is 3.73. The molecule has 0 spiro atoms. The standard InChI is InChI=1S/C19H15ClN2O5S2/c1-9-5-11(6-15-17(25)21(8-16(23)24)19(28)29-15)10(2)22(9)12-3-4-14(20)13(7-12)18(26)27/h3-7H,8H2,1-2H3,(H,23,24)(H,26,27). The highest BCUT2D eigenvalue weighted by Crippen LogP contribution is 2.34. The third-order valence-corrected chi connectivity index (χ3v) is 6.07. The van der Waals surface area contributed by atoms with Gasteiger partial charge in [-0.1, -0.05) is 35.6 Å². The number of aromatic carboxylic acids is 1. The molecule has 3 rings (SSSR count). The number of hydrogen-bond donors (Lipinski definition) is 2. The van der Waals surface area contributed by atoms with Crippen LogP contribution in [0, 0.1) is 13.8 Å². The van der Waals surface area contributed by atoms with Crippen LogP contribution in [0.4, 0.5) is 0 Å². The molecule has 1 aromatic carbocycles. The van der Waals surface area contributed by atoms with Gasteiger partial charge in [-0.15, -0.1) is 0 Å². The van der Waals surface area contributed by atoms with Gasteiger partial charge < -0.3 is 14.8 Å². The average molecular weight is 451 g/mol. The van der Waals surface area contributed by atoms with Gasteiger partial charge in [-0.25, -0.2) is 4.79 Å². The molecule has 1 saturated heterocycles. The smallest absolute Gasteiger partial charge is 0.337 e. The van der Waals surface area contributed by atoms with Gasteiger partial charge >= 0.3 is 11.9 Å². The van der Waals surface area contributed by atoms with Crippen LogP contribution in [-0.2, 0) is 9.59 Å². The van der Waals surface area contributed by atoms with Crippen molar-refractivity contribution in [3.05, 3.63) is 56.7 Å². The molecular weight excluding hydrogens is 436 g/mol. The van der Waals surface area contributed by atoms with Crippen LogP contribution in [0.25, 0.3) is 11.8 Å². The molecule has 1 aliphatic heterocycles. The zero-order chi connectivity index (χ0) is 21.5. The number of halogens is 1. The van der Waals surface area contributed by atoms with Crippen LogP contribution in [0.2, 0.25) is 5.02 Å². The molecule has 0 aliphatic carbocycles. The van der Waals surface area contributed by atoms with Crippen LogP contribution in [0.5, 0.6) is 0 Å². The number of carboxylic acid groups (broad SMARTS) is 2. The number of hydrogen-bond acceptors (Lipinski definition) is 5. The summed E-state index contributed by atoms with van der Waals surface area (Å²) in [5.41, 5.74) is 2.97. The molecule has 0 saturated carbocycles. The number of nitrogens with zero attached hydrogens (tertiary/aromatic N) is 2. The number of thiocarbonyl (C=S) groups is 1. The van der Waals surface area contributed by atoms with Gasteiger partial charge in [-0.05, 0) is 49.8 Å². The Kier molecular flexibility index (Phi) is 5.83. The normalized spacial score (nSPS) is 15.4. The van der Waals surface area contributed by atoms with Gasteiger partial charge in [0.05, 0.1) is 15.5 Å². The number of rotatable bonds is 5. The highest BCUT2D eigenvalue weighted by molar-refractivity contribution is 8.26. The van der Waals surface area contributed by atoms with Crippen molar-refractivity contribution in [3.8, 4) is 5.69 Å². The second-order valence-electron chi connectivity index (χ2n) is 6.29. The van der Waals surface area contributed by atoms with Crippen molar-refractivity contribution in [1.29, 1.82) is 0 Å². The maximum Gasteiger partial charge on any atom is 0.337 e. The van der Waals surface area contributed by atoms with E-state index in [1.165, 1.54) is 12.1 Å². The van der Waals surface area contributed by atoms with Gasteiger partial charge in [0.1, 0.15) is 10.9 Å². The molecule has 29 heavy (non-hydrogen) atoms. The quantitative estimate of drug-likeness (QED) is 0.528. The first-order chi connectivity index (χ1) is 13.6. The molecule has 1 aliphatic rings. The monoisotopic (exact) mass is 450 g/mol. The van der Waals surface area contributed by atoms with Crippen LogP contribution >= 0.6 is 35.6 Å². The lowest BCUT2D eigenvalue weighted by molar-refractivity contribution is -0.140. The Balaban J connectivity index is 2.01. The lowest BCUT2D eigenvalue weighted by Gasteiger charge is -2.11. The summed E-state index contributed by atoms with van der Waals surface area (Å²) in [5, 5.41) is 18.4. The van der Waals surface area contributed by atoms with Crippen LogP contribution in [-0.4, -0.2) is 48.4 Å². The van der Waals surface area contributed by atoms with Crippen molar-refractivity contribution in [2.75, 3.05) is 6.54 Å². The Morgan fingerprint density at radius 1 is 1.24 bits per heavy atom. The first kappa shape index (κ1) is 21.1. The lowest BCUT2D eigenvalue weighted by atomic mass is 10.2. The van der Waals surface area contributed by atoms with Gasteiger partial charge in [-0.3, -0.25) is 14.5 Å². The molecule has 0 bridgehead atoms. The van der Waals surface area contributed by atoms with Crippen molar-refractivity contribution in [2.45, 2.75) is 13.8 Å². The molecule has 0 radical (unpaired) electrons. The Morgan fingerprint density at radius 3 is 2.55 bits per heavy atom. The van der Waals surface area contributed by atoms with Gasteiger partial charge in [-0.2, -0.15) is 0 Å². The van der Waals surface area contributed by atoms with Gasteiger partial charge in [0.25, 0.3) is 5.91 Å². The maximum atomic E-state index is 12.5. The number of carbonyl (C=O) groups excluding carboxylic acids is 1. The third-order valence-electron chi connectivity index (χ3n) is 4.36. The van der Waals surface area contributed by atoms with Gasteiger partial charge in [0, 0.05) is 17.1 Å². The number of carboxylic acids is 2. The molecule has 2 heterocycles. The largest absolute Gasteiger partial charge is 0.480 e. The highest BCUT2D eigenvalue weighted by Gasteiger charge is 2.33. The molecule has 1 fully saturated rings. The van der Waals surface area contributed by atoms with E-state index in [1.807, 2.05) is 24.5 Å². The molecule has 150 valence electrons. The Labute approximate surface area is 180 Å². The Morgan fingerprint density at radius 2 is 1.93 bits per heavy atom. The minimum atomic E-state index is -1.14. The fraction of sp³-hybridized carbons (Fsp3) is 0.158. The maximum absolute atomic E-state index is 12.5. The molecule has 10 heteroatoms. The third kappa shape index (κ3) is 4.07. The molecule has 2 N–H and O–H groups in total. The van der Waals surface area contributed by atoms with Crippen molar-refractivity contribution < 1.29 is 24.6 Å². The van der Waals surface area contributed by atoms with E-state index in [0.29, 0.717) is 10.6 Å². The van der Waals surface area contributed by atoms with E-state index in [0.717, 1.165) is 33.6 Å². The summed E-state index contributed by atoms with van der Waals surface area (Å²) in [7, 11) is 0. The summed E-state index contributed by atoms with van der Waals surface area (Å²) in [4.78, 5) is 36.2. The zero-order valence-electron chi connectivity index (χ0n) is 15.3. The number of aliphatic carboxylic acids is 1. The minimum absolute atomic E-state index is 0.00670. The molecule has 2 aromatic rings. The highest BCUT2D eigenvalue weighted by atomic mass is 35.5. The van der Waals surface area contributed by atoms with Gasteiger partial charge in [0.2, 0.25) is 0 Å². The number of thioether (sulfide) groups is 1. The second kappa shape index (κ2) is 8.02. The van der Waals surface area contributed by atoms with E-state index in [1.54, 1.807) is 12.1 Å². The number of benzene rings is 1. The summed E-state index contributed by atoms with van der Waals surface area (Å²) in [5.74, 6) is -2.72. The van der Waals surface area contributed by atoms with E-state index in [4.69, 9.17) is 28.9 Å². The van der Waals surface area contributed by atoms with Crippen LogP contribution in [0.1, 0.15) is 27.3 Å². The first-order valence-corrected chi connectivity index (χ1v) is 9.89. The van der Waals surface area contributed by atoms with E-state index < -0.39 is 24.4 Å². The van der Waals surface area contributed by atoms with Crippen LogP contribution in [0.15, 0.2) is 29.2 Å². The molecule has 1 aromatic heterocycles. The number of aromatic nitrogens is 1. The predicted molar refractivity (Wildman–Crippen MR) is 115 cm³/mol. The SMILES string of the molecule is Cc1cc(C=C2SC(=S)N(CC(=O)O)C2=O)c(C)n1-c1ccc(Cl)c(C(=O)O)c1. The zero-order valence-corrected chi connectivity index (χ0v) is 17.7. The molecule has 1 amide bonds. The van der Waals surface area contributed by atoms with Crippen molar-refractivity contribution in [1.82, 2.24) is 9.47 Å².